The maximum atomic E-state index is 12.7. The zero-order valence-corrected chi connectivity index (χ0v) is 9.70. The zero-order valence-electron chi connectivity index (χ0n) is 9.70. The lowest BCUT2D eigenvalue weighted by molar-refractivity contribution is 0.309. The molecule has 0 heterocycles. The molecule has 3 heteroatoms. The second-order valence-electron chi connectivity index (χ2n) is 4.66. The molecule has 0 radical (unpaired) electrons. The molecule has 0 aromatic heterocycles. The van der Waals surface area contributed by atoms with E-state index in [9.17, 15) is 4.39 Å². The molecule has 0 spiro atoms. The minimum Gasteiger partial charge on any atom is -0.324 e. The van der Waals surface area contributed by atoms with E-state index in [-0.39, 0.29) is 11.9 Å². The number of rotatable bonds is 5. The van der Waals surface area contributed by atoms with Crippen LogP contribution in [0.5, 0.6) is 0 Å². The van der Waals surface area contributed by atoms with Crippen LogP contribution in [0.2, 0.25) is 0 Å². The van der Waals surface area contributed by atoms with E-state index in [1.807, 2.05) is 0 Å². The summed E-state index contributed by atoms with van der Waals surface area (Å²) in [5.74, 6) is -0.203. The second kappa shape index (κ2) is 4.93. The fraction of sp³-hybridized carbons (Fsp3) is 0.538. The van der Waals surface area contributed by atoms with E-state index in [0.717, 1.165) is 24.6 Å². The Morgan fingerprint density at radius 1 is 1.38 bits per heavy atom. The number of nitrogens with zero attached hydrogens (tertiary/aromatic N) is 1. The highest BCUT2D eigenvalue weighted by molar-refractivity contribution is 5.19. The average molecular weight is 222 g/mol. The van der Waals surface area contributed by atoms with Gasteiger partial charge in [0.2, 0.25) is 0 Å². The molecule has 1 aromatic rings. The van der Waals surface area contributed by atoms with E-state index < -0.39 is 0 Å². The first kappa shape index (κ1) is 11.6. The van der Waals surface area contributed by atoms with Crippen LogP contribution < -0.4 is 5.73 Å². The number of hydrogen-bond donors (Lipinski definition) is 1. The first-order valence-electron chi connectivity index (χ1n) is 5.88. The Kier molecular flexibility index (Phi) is 3.56. The lowest BCUT2D eigenvalue weighted by Gasteiger charge is -2.19. The second-order valence-corrected chi connectivity index (χ2v) is 4.66. The van der Waals surface area contributed by atoms with E-state index in [2.05, 4.69) is 11.9 Å². The van der Waals surface area contributed by atoms with E-state index in [1.54, 1.807) is 12.1 Å². The molecule has 1 aliphatic carbocycles. The van der Waals surface area contributed by atoms with Gasteiger partial charge in [-0.1, -0.05) is 12.1 Å². The van der Waals surface area contributed by atoms with E-state index in [1.165, 1.54) is 25.0 Å². The highest BCUT2D eigenvalue weighted by Gasteiger charge is 2.25. The van der Waals surface area contributed by atoms with Crippen LogP contribution in [0.25, 0.3) is 0 Å². The van der Waals surface area contributed by atoms with Gasteiger partial charge in [-0.3, -0.25) is 0 Å². The highest BCUT2D eigenvalue weighted by atomic mass is 19.1. The highest BCUT2D eigenvalue weighted by Crippen LogP contribution is 2.26. The summed E-state index contributed by atoms with van der Waals surface area (Å²) in [5, 5.41) is 0. The van der Waals surface area contributed by atoms with Crippen LogP contribution in [0.3, 0.4) is 0 Å². The van der Waals surface area contributed by atoms with Gasteiger partial charge in [-0.05, 0) is 50.6 Å². The SMILES string of the molecule is CN(CCC(N)c1ccc(F)cc1)C1CC1. The maximum absolute atomic E-state index is 12.7. The summed E-state index contributed by atoms with van der Waals surface area (Å²) in [7, 11) is 2.15. The number of halogens is 1. The molecular weight excluding hydrogens is 203 g/mol. The van der Waals surface area contributed by atoms with Crippen LogP contribution in [-0.4, -0.2) is 24.5 Å². The summed E-state index contributed by atoms with van der Waals surface area (Å²) in [6, 6.07) is 7.29. The van der Waals surface area contributed by atoms with Crippen LogP contribution in [0.4, 0.5) is 4.39 Å². The Balaban J connectivity index is 1.82. The molecule has 0 amide bonds. The number of nitrogens with two attached hydrogens (primary N) is 1. The lowest BCUT2D eigenvalue weighted by atomic mass is 10.0. The summed E-state index contributed by atoms with van der Waals surface area (Å²) < 4.78 is 12.7. The Labute approximate surface area is 96.2 Å². The van der Waals surface area contributed by atoms with E-state index >= 15 is 0 Å². The van der Waals surface area contributed by atoms with Crippen molar-refractivity contribution in [1.29, 1.82) is 0 Å². The molecule has 1 unspecified atom stereocenters. The maximum Gasteiger partial charge on any atom is 0.123 e. The molecule has 0 aliphatic heterocycles. The largest absolute Gasteiger partial charge is 0.324 e. The van der Waals surface area contributed by atoms with Gasteiger partial charge >= 0.3 is 0 Å². The third kappa shape index (κ3) is 3.03. The fourth-order valence-electron chi connectivity index (χ4n) is 1.92. The van der Waals surface area contributed by atoms with Crippen molar-refractivity contribution in [1.82, 2.24) is 4.90 Å². The predicted octanol–water partition coefficient (Wildman–Crippen LogP) is 2.31. The van der Waals surface area contributed by atoms with Crippen LogP contribution in [0, 0.1) is 5.82 Å². The summed E-state index contributed by atoms with van der Waals surface area (Å²) in [6.45, 7) is 1.02. The normalized spacial score (nSPS) is 17.8. The third-order valence-corrected chi connectivity index (χ3v) is 3.26. The van der Waals surface area contributed by atoms with Gasteiger partial charge in [0.25, 0.3) is 0 Å². The fourth-order valence-corrected chi connectivity index (χ4v) is 1.92. The van der Waals surface area contributed by atoms with Crippen molar-refractivity contribution in [2.24, 2.45) is 5.73 Å². The van der Waals surface area contributed by atoms with Gasteiger partial charge in [-0.25, -0.2) is 4.39 Å². The van der Waals surface area contributed by atoms with Gasteiger partial charge in [0, 0.05) is 12.1 Å². The molecule has 1 atom stereocenters. The van der Waals surface area contributed by atoms with Crippen molar-refractivity contribution >= 4 is 0 Å². The van der Waals surface area contributed by atoms with Crippen molar-refractivity contribution in [3.63, 3.8) is 0 Å². The molecule has 0 saturated heterocycles. The summed E-state index contributed by atoms with van der Waals surface area (Å²) in [4.78, 5) is 2.36. The minimum absolute atomic E-state index is 0.0156. The molecule has 1 saturated carbocycles. The van der Waals surface area contributed by atoms with Crippen molar-refractivity contribution < 1.29 is 4.39 Å². The van der Waals surface area contributed by atoms with Crippen molar-refractivity contribution in [3.05, 3.63) is 35.6 Å². The smallest absolute Gasteiger partial charge is 0.123 e. The minimum atomic E-state index is -0.203. The number of benzene rings is 1. The molecule has 2 rings (SSSR count). The first-order valence-corrected chi connectivity index (χ1v) is 5.88. The molecule has 16 heavy (non-hydrogen) atoms. The van der Waals surface area contributed by atoms with Crippen molar-refractivity contribution in [3.8, 4) is 0 Å². The van der Waals surface area contributed by atoms with Gasteiger partial charge in [0.1, 0.15) is 5.82 Å². The topological polar surface area (TPSA) is 29.3 Å². The Morgan fingerprint density at radius 3 is 2.56 bits per heavy atom. The van der Waals surface area contributed by atoms with E-state index in [4.69, 9.17) is 5.73 Å². The third-order valence-electron chi connectivity index (χ3n) is 3.26. The quantitative estimate of drug-likeness (QED) is 0.828. The summed E-state index contributed by atoms with van der Waals surface area (Å²) in [5.41, 5.74) is 7.08. The van der Waals surface area contributed by atoms with Crippen molar-refractivity contribution in [2.75, 3.05) is 13.6 Å². The van der Waals surface area contributed by atoms with E-state index in [0.29, 0.717) is 0 Å². The summed E-state index contributed by atoms with van der Waals surface area (Å²) in [6.07, 6.45) is 3.57. The molecule has 2 N–H and O–H groups in total. The molecule has 0 bridgehead atoms. The zero-order chi connectivity index (χ0) is 11.5. The molecule has 2 nitrogen and oxygen atoms in total. The van der Waals surface area contributed by atoms with Gasteiger partial charge < -0.3 is 10.6 Å². The standard InChI is InChI=1S/C13H19FN2/c1-16(12-6-7-12)9-8-13(15)10-2-4-11(14)5-3-10/h2-5,12-13H,6-9,15H2,1H3. The van der Waals surface area contributed by atoms with Gasteiger partial charge in [0.05, 0.1) is 0 Å². The molecule has 88 valence electrons. The Hall–Kier alpha value is -0.930. The first-order chi connectivity index (χ1) is 7.66. The molecular formula is C13H19FN2. The van der Waals surface area contributed by atoms with Crippen LogP contribution >= 0.6 is 0 Å². The van der Waals surface area contributed by atoms with Gasteiger partial charge in [-0.15, -0.1) is 0 Å². The Bertz CT molecular complexity index is 332. The van der Waals surface area contributed by atoms with Crippen LogP contribution in [-0.2, 0) is 0 Å². The molecule has 1 fully saturated rings. The monoisotopic (exact) mass is 222 g/mol. The van der Waals surface area contributed by atoms with Crippen LogP contribution in [0.15, 0.2) is 24.3 Å². The lowest BCUT2D eigenvalue weighted by Crippen LogP contribution is -2.25. The van der Waals surface area contributed by atoms with Crippen LogP contribution in [0.1, 0.15) is 30.9 Å². The van der Waals surface area contributed by atoms with Gasteiger partial charge in [-0.2, -0.15) is 0 Å². The summed E-state index contributed by atoms with van der Waals surface area (Å²) >= 11 is 0. The number of hydrogen-bond acceptors (Lipinski definition) is 2. The van der Waals surface area contributed by atoms with Crippen molar-refractivity contribution in [2.45, 2.75) is 31.3 Å². The Morgan fingerprint density at radius 2 is 2.00 bits per heavy atom. The molecule has 1 aromatic carbocycles. The molecule has 1 aliphatic rings. The van der Waals surface area contributed by atoms with Gasteiger partial charge in [0.15, 0.2) is 0 Å². The average Bonchev–Trinajstić information content (AvgIpc) is 3.10. The predicted molar refractivity (Wildman–Crippen MR) is 63.6 cm³/mol.